The molecule has 0 aromatic carbocycles. The van der Waals surface area contributed by atoms with E-state index in [0.717, 1.165) is 29.5 Å². The van der Waals surface area contributed by atoms with Gasteiger partial charge in [0.25, 0.3) is 0 Å². The Balaban J connectivity index is 1.79. The second-order valence-electron chi connectivity index (χ2n) is 4.47. The number of pyridine rings is 1. The van der Waals surface area contributed by atoms with Crippen molar-refractivity contribution in [2.45, 2.75) is 37.1 Å². The highest BCUT2D eigenvalue weighted by atomic mass is 32.2. The quantitative estimate of drug-likeness (QED) is 0.673. The normalized spacial score (nSPS) is 12.9. The highest BCUT2D eigenvalue weighted by Crippen LogP contribution is 2.32. The smallest absolute Gasteiger partial charge is 0.239 e. The van der Waals surface area contributed by atoms with E-state index in [-0.39, 0.29) is 5.25 Å². The van der Waals surface area contributed by atoms with Crippen molar-refractivity contribution in [1.82, 2.24) is 24.7 Å². The van der Waals surface area contributed by atoms with Crippen LogP contribution in [0, 0.1) is 0 Å². The summed E-state index contributed by atoms with van der Waals surface area (Å²) in [6.07, 6.45) is 3.80. The predicted octanol–water partition coefficient (Wildman–Crippen LogP) is 2.92. The molecule has 7 heteroatoms. The third-order valence-electron chi connectivity index (χ3n) is 2.87. The van der Waals surface area contributed by atoms with Crippen molar-refractivity contribution in [1.29, 1.82) is 0 Å². The molecule has 0 unspecified atom stereocenters. The minimum atomic E-state index is 0.0423. The first kappa shape index (κ1) is 13.1. The van der Waals surface area contributed by atoms with E-state index in [1.165, 1.54) is 0 Å². The van der Waals surface area contributed by atoms with Gasteiger partial charge in [-0.1, -0.05) is 29.9 Å². The molecule has 0 saturated heterocycles. The van der Waals surface area contributed by atoms with Crippen LogP contribution >= 0.6 is 11.8 Å². The molecule has 0 saturated carbocycles. The Hall–Kier alpha value is -1.89. The van der Waals surface area contributed by atoms with Crippen LogP contribution in [0.2, 0.25) is 0 Å². The van der Waals surface area contributed by atoms with Gasteiger partial charge in [-0.25, -0.2) is 0 Å². The van der Waals surface area contributed by atoms with Crippen LogP contribution in [0.5, 0.6) is 0 Å². The summed E-state index contributed by atoms with van der Waals surface area (Å²) in [4.78, 5) is 4.40. The van der Waals surface area contributed by atoms with Crippen molar-refractivity contribution >= 4 is 17.4 Å². The molecule has 3 aromatic rings. The zero-order valence-corrected chi connectivity index (χ0v) is 12.2. The average molecular weight is 289 g/mol. The van der Waals surface area contributed by atoms with Crippen molar-refractivity contribution in [3.05, 3.63) is 36.1 Å². The topological polar surface area (TPSA) is 69.1 Å². The molecular weight excluding hydrogens is 274 g/mol. The van der Waals surface area contributed by atoms with Crippen LogP contribution in [0.1, 0.15) is 37.2 Å². The standard InChI is InChI=1S/C13H15N5OS/c1-3-6-10-14-12(19-17-10)9(2)20-13-16-15-11-7-4-5-8-18(11)13/h4-5,7-9H,3,6H2,1-2H3/t9-/m0/s1. The molecular formula is C13H15N5OS. The first-order chi connectivity index (χ1) is 9.78. The fourth-order valence-electron chi connectivity index (χ4n) is 1.87. The lowest BCUT2D eigenvalue weighted by Gasteiger charge is -2.03. The van der Waals surface area contributed by atoms with Crippen molar-refractivity contribution in [3.8, 4) is 0 Å². The summed E-state index contributed by atoms with van der Waals surface area (Å²) in [6, 6.07) is 5.82. The summed E-state index contributed by atoms with van der Waals surface area (Å²) in [6.45, 7) is 4.12. The SMILES string of the molecule is CCCc1noc([C@H](C)Sc2nnc3ccccn23)n1. The van der Waals surface area contributed by atoms with Crippen LogP contribution in [0.3, 0.4) is 0 Å². The molecule has 3 aromatic heterocycles. The van der Waals surface area contributed by atoms with Gasteiger partial charge in [-0.3, -0.25) is 4.40 Å². The van der Waals surface area contributed by atoms with E-state index in [2.05, 4.69) is 27.3 Å². The third-order valence-corrected chi connectivity index (χ3v) is 3.91. The zero-order chi connectivity index (χ0) is 13.9. The Morgan fingerprint density at radius 3 is 3.10 bits per heavy atom. The summed E-state index contributed by atoms with van der Waals surface area (Å²) in [5.41, 5.74) is 0.833. The first-order valence-electron chi connectivity index (χ1n) is 6.57. The van der Waals surface area contributed by atoms with Gasteiger partial charge in [0, 0.05) is 12.6 Å². The predicted molar refractivity (Wildman–Crippen MR) is 75.6 cm³/mol. The van der Waals surface area contributed by atoms with Gasteiger partial charge in [0.05, 0.1) is 5.25 Å². The van der Waals surface area contributed by atoms with Crippen molar-refractivity contribution < 1.29 is 4.52 Å². The summed E-state index contributed by atoms with van der Waals surface area (Å²) >= 11 is 1.56. The summed E-state index contributed by atoms with van der Waals surface area (Å²) in [7, 11) is 0. The maximum absolute atomic E-state index is 5.30. The molecule has 3 rings (SSSR count). The Morgan fingerprint density at radius 2 is 2.25 bits per heavy atom. The van der Waals surface area contributed by atoms with Gasteiger partial charge < -0.3 is 4.52 Å². The molecule has 0 aliphatic carbocycles. The lowest BCUT2D eigenvalue weighted by atomic mass is 10.3. The molecule has 0 aliphatic heterocycles. The number of aryl methyl sites for hydroxylation is 1. The zero-order valence-electron chi connectivity index (χ0n) is 11.4. The number of rotatable bonds is 5. The molecule has 6 nitrogen and oxygen atoms in total. The molecule has 0 fully saturated rings. The van der Waals surface area contributed by atoms with Gasteiger partial charge >= 0.3 is 0 Å². The van der Waals surface area contributed by atoms with Crippen LogP contribution in [0.15, 0.2) is 34.1 Å². The van der Waals surface area contributed by atoms with E-state index in [9.17, 15) is 0 Å². The number of nitrogens with zero attached hydrogens (tertiary/aromatic N) is 5. The molecule has 0 bridgehead atoms. The van der Waals surface area contributed by atoms with E-state index in [1.54, 1.807) is 11.8 Å². The Labute approximate surface area is 120 Å². The molecule has 0 radical (unpaired) electrons. The Kier molecular flexibility index (Phi) is 3.68. The van der Waals surface area contributed by atoms with Gasteiger partial charge in [0.1, 0.15) is 0 Å². The molecule has 0 amide bonds. The van der Waals surface area contributed by atoms with E-state index in [4.69, 9.17) is 4.52 Å². The molecule has 20 heavy (non-hydrogen) atoms. The minimum Gasteiger partial charge on any atom is -0.338 e. The second kappa shape index (κ2) is 5.62. The number of fused-ring (bicyclic) bond motifs is 1. The highest BCUT2D eigenvalue weighted by molar-refractivity contribution is 7.99. The van der Waals surface area contributed by atoms with Crippen LogP contribution in [0.25, 0.3) is 5.65 Å². The van der Waals surface area contributed by atoms with Crippen LogP contribution < -0.4 is 0 Å². The van der Waals surface area contributed by atoms with Crippen molar-refractivity contribution in [2.75, 3.05) is 0 Å². The first-order valence-corrected chi connectivity index (χ1v) is 7.44. The summed E-state index contributed by atoms with van der Waals surface area (Å²) < 4.78 is 7.25. The van der Waals surface area contributed by atoms with Gasteiger partial charge in [0.2, 0.25) is 5.89 Å². The number of aromatic nitrogens is 5. The van der Waals surface area contributed by atoms with Gasteiger partial charge in [-0.15, -0.1) is 10.2 Å². The van der Waals surface area contributed by atoms with E-state index in [0.29, 0.717) is 5.89 Å². The molecule has 0 N–H and O–H groups in total. The minimum absolute atomic E-state index is 0.0423. The molecule has 0 aliphatic rings. The second-order valence-corrected chi connectivity index (χ2v) is 5.78. The van der Waals surface area contributed by atoms with Crippen LogP contribution in [-0.4, -0.2) is 24.7 Å². The molecule has 104 valence electrons. The third kappa shape index (κ3) is 2.53. The van der Waals surface area contributed by atoms with E-state index in [1.807, 2.05) is 35.7 Å². The average Bonchev–Trinajstić information content (AvgIpc) is 3.07. The monoisotopic (exact) mass is 289 g/mol. The number of hydrogen-bond acceptors (Lipinski definition) is 6. The Morgan fingerprint density at radius 1 is 1.35 bits per heavy atom. The summed E-state index contributed by atoms with van der Waals surface area (Å²) in [5, 5.41) is 13.2. The van der Waals surface area contributed by atoms with E-state index >= 15 is 0 Å². The summed E-state index contributed by atoms with van der Waals surface area (Å²) in [5.74, 6) is 1.40. The van der Waals surface area contributed by atoms with Crippen LogP contribution in [-0.2, 0) is 6.42 Å². The molecule has 3 heterocycles. The molecule has 0 spiro atoms. The van der Waals surface area contributed by atoms with Crippen molar-refractivity contribution in [2.24, 2.45) is 0 Å². The number of thioether (sulfide) groups is 1. The van der Waals surface area contributed by atoms with Gasteiger partial charge in [0.15, 0.2) is 16.6 Å². The lowest BCUT2D eigenvalue weighted by Crippen LogP contribution is -1.93. The largest absolute Gasteiger partial charge is 0.338 e. The Bertz CT molecular complexity index is 707. The number of hydrogen-bond donors (Lipinski definition) is 0. The lowest BCUT2D eigenvalue weighted by molar-refractivity contribution is 0.374. The fraction of sp³-hybridized carbons (Fsp3) is 0.385. The van der Waals surface area contributed by atoms with Crippen molar-refractivity contribution in [3.63, 3.8) is 0 Å². The van der Waals surface area contributed by atoms with Gasteiger partial charge in [-0.05, 0) is 25.5 Å². The van der Waals surface area contributed by atoms with E-state index < -0.39 is 0 Å². The maximum Gasteiger partial charge on any atom is 0.239 e. The highest BCUT2D eigenvalue weighted by Gasteiger charge is 2.18. The maximum atomic E-state index is 5.30. The molecule has 1 atom stereocenters. The van der Waals surface area contributed by atoms with Crippen LogP contribution in [0.4, 0.5) is 0 Å². The fourth-order valence-corrected chi connectivity index (χ4v) is 2.73. The van der Waals surface area contributed by atoms with Gasteiger partial charge in [-0.2, -0.15) is 4.98 Å².